The first kappa shape index (κ1) is 14.0. The third kappa shape index (κ3) is 3.05. The van der Waals surface area contributed by atoms with Crippen LogP contribution in [0.5, 0.6) is 0 Å². The first-order valence-corrected chi connectivity index (χ1v) is 7.53. The number of hydrogen-bond acceptors (Lipinski definition) is 3. The van der Waals surface area contributed by atoms with Crippen LogP contribution in [0, 0.1) is 0 Å². The first-order valence-electron chi connectivity index (χ1n) is 7.53. The van der Waals surface area contributed by atoms with Crippen molar-refractivity contribution in [1.29, 1.82) is 0 Å². The fourth-order valence-electron chi connectivity index (χ4n) is 2.68. The van der Waals surface area contributed by atoms with Crippen molar-refractivity contribution in [3.05, 3.63) is 52.8 Å². The summed E-state index contributed by atoms with van der Waals surface area (Å²) in [5, 5.41) is 7.79. The molecule has 2 aromatic rings. The first-order chi connectivity index (χ1) is 10.1. The Morgan fingerprint density at radius 3 is 2.95 bits per heavy atom. The molecule has 21 heavy (non-hydrogen) atoms. The molecule has 3 rings (SSSR count). The zero-order valence-corrected chi connectivity index (χ0v) is 12.6. The van der Waals surface area contributed by atoms with Gasteiger partial charge in [0, 0.05) is 24.3 Å². The van der Waals surface area contributed by atoms with Crippen molar-refractivity contribution in [1.82, 2.24) is 15.1 Å². The van der Waals surface area contributed by atoms with E-state index >= 15 is 0 Å². The summed E-state index contributed by atoms with van der Waals surface area (Å²) >= 11 is 0. The molecule has 0 fully saturated rings. The Bertz CT molecular complexity index is 658. The SMILES string of the molecule is CC(C)n1ccc(CC(=O)c2ccc3c(c2)CNCC3)n1. The molecule has 1 aromatic carbocycles. The molecule has 0 spiro atoms. The van der Waals surface area contributed by atoms with Gasteiger partial charge in [-0.1, -0.05) is 12.1 Å². The minimum Gasteiger partial charge on any atom is -0.312 e. The van der Waals surface area contributed by atoms with Crippen molar-refractivity contribution in [3.63, 3.8) is 0 Å². The van der Waals surface area contributed by atoms with Crippen LogP contribution in [0.4, 0.5) is 0 Å². The van der Waals surface area contributed by atoms with Crippen molar-refractivity contribution in [3.8, 4) is 0 Å². The second-order valence-electron chi connectivity index (χ2n) is 5.89. The molecule has 0 unspecified atom stereocenters. The topological polar surface area (TPSA) is 46.9 Å². The third-order valence-corrected chi connectivity index (χ3v) is 3.95. The summed E-state index contributed by atoms with van der Waals surface area (Å²) in [6.07, 6.45) is 3.35. The molecule has 0 radical (unpaired) electrons. The van der Waals surface area contributed by atoms with Crippen molar-refractivity contribution in [2.75, 3.05) is 6.54 Å². The van der Waals surface area contributed by atoms with Gasteiger partial charge in [-0.3, -0.25) is 9.48 Å². The molecule has 2 heterocycles. The smallest absolute Gasteiger partial charge is 0.168 e. The van der Waals surface area contributed by atoms with Crippen LogP contribution in [0.1, 0.15) is 47.1 Å². The molecule has 0 aliphatic carbocycles. The molecule has 0 amide bonds. The number of Topliss-reactive ketones (excluding diaryl/α,β-unsaturated/α-hetero) is 1. The fraction of sp³-hybridized carbons (Fsp3) is 0.412. The Morgan fingerprint density at radius 1 is 1.33 bits per heavy atom. The number of carbonyl (C=O) groups is 1. The van der Waals surface area contributed by atoms with Gasteiger partial charge in [0.2, 0.25) is 0 Å². The van der Waals surface area contributed by atoms with Gasteiger partial charge >= 0.3 is 0 Å². The van der Waals surface area contributed by atoms with Gasteiger partial charge in [0.25, 0.3) is 0 Å². The summed E-state index contributed by atoms with van der Waals surface area (Å²) < 4.78 is 1.89. The van der Waals surface area contributed by atoms with Crippen LogP contribution < -0.4 is 5.32 Å². The van der Waals surface area contributed by atoms with E-state index in [4.69, 9.17) is 0 Å². The van der Waals surface area contributed by atoms with Crippen molar-refractivity contribution in [2.24, 2.45) is 0 Å². The van der Waals surface area contributed by atoms with Gasteiger partial charge in [0.05, 0.1) is 12.1 Å². The van der Waals surface area contributed by atoms with Crippen molar-refractivity contribution < 1.29 is 4.79 Å². The summed E-state index contributed by atoms with van der Waals surface area (Å²) in [5.74, 6) is 0.136. The summed E-state index contributed by atoms with van der Waals surface area (Å²) in [5.41, 5.74) is 4.23. The van der Waals surface area contributed by atoms with E-state index < -0.39 is 0 Å². The second kappa shape index (κ2) is 5.82. The standard InChI is InChI=1S/C17H21N3O/c1-12(2)20-8-6-16(19-20)10-17(21)14-4-3-13-5-7-18-11-15(13)9-14/h3-4,6,8-9,12,18H,5,7,10-11H2,1-2H3. The molecule has 1 aliphatic heterocycles. The number of carbonyl (C=O) groups excluding carboxylic acids is 1. The van der Waals surface area contributed by atoms with E-state index in [1.165, 1.54) is 11.1 Å². The molecule has 0 saturated carbocycles. The number of benzene rings is 1. The Kier molecular flexibility index (Phi) is 3.88. The fourth-order valence-corrected chi connectivity index (χ4v) is 2.68. The van der Waals surface area contributed by atoms with Crippen LogP contribution in [-0.4, -0.2) is 22.1 Å². The molecule has 110 valence electrons. The Balaban J connectivity index is 1.75. The number of aromatic nitrogens is 2. The van der Waals surface area contributed by atoms with Crippen molar-refractivity contribution >= 4 is 5.78 Å². The molecule has 0 atom stereocenters. The lowest BCUT2D eigenvalue weighted by Crippen LogP contribution is -2.24. The number of rotatable bonds is 4. The molecule has 1 aromatic heterocycles. The summed E-state index contributed by atoms with van der Waals surface area (Å²) in [4.78, 5) is 12.4. The van der Waals surface area contributed by atoms with E-state index in [2.05, 4.69) is 30.3 Å². The Hall–Kier alpha value is -1.94. The maximum Gasteiger partial charge on any atom is 0.168 e. The Labute approximate surface area is 125 Å². The number of nitrogens with one attached hydrogen (secondary N) is 1. The number of hydrogen-bond donors (Lipinski definition) is 1. The largest absolute Gasteiger partial charge is 0.312 e. The normalized spacial score (nSPS) is 14.2. The number of ketones is 1. The van der Waals surface area contributed by atoms with E-state index in [1.807, 2.05) is 29.1 Å². The highest BCUT2D eigenvalue weighted by Crippen LogP contribution is 2.17. The molecular formula is C17H21N3O. The molecule has 0 bridgehead atoms. The summed E-state index contributed by atoms with van der Waals surface area (Å²) in [6.45, 7) is 6.04. The Morgan fingerprint density at radius 2 is 2.19 bits per heavy atom. The molecule has 4 nitrogen and oxygen atoms in total. The minimum atomic E-state index is 0.136. The predicted octanol–water partition coefficient (Wildman–Crippen LogP) is 2.54. The molecule has 0 saturated heterocycles. The second-order valence-corrected chi connectivity index (χ2v) is 5.89. The maximum absolute atomic E-state index is 12.4. The average molecular weight is 283 g/mol. The lowest BCUT2D eigenvalue weighted by atomic mass is 9.96. The quantitative estimate of drug-likeness (QED) is 0.877. The van der Waals surface area contributed by atoms with Gasteiger partial charge in [-0.05, 0) is 50.1 Å². The number of nitrogens with zero attached hydrogens (tertiary/aromatic N) is 2. The van der Waals surface area contributed by atoms with E-state index in [0.29, 0.717) is 12.5 Å². The van der Waals surface area contributed by atoms with Crippen LogP contribution in [0.3, 0.4) is 0 Å². The highest BCUT2D eigenvalue weighted by Gasteiger charge is 2.14. The third-order valence-electron chi connectivity index (χ3n) is 3.95. The van der Waals surface area contributed by atoms with Gasteiger partial charge < -0.3 is 5.32 Å². The highest BCUT2D eigenvalue weighted by molar-refractivity contribution is 5.97. The van der Waals surface area contributed by atoms with E-state index in [0.717, 1.165) is 30.8 Å². The van der Waals surface area contributed by atoms with E-state index in [-0.39, 0.29) is 5.78 Å². The van der Waals surface area contributed by atoms with Crippen LogP contribution >= 0.6 is 0 Å². The molecule has 1 N–H and O–H groups in total. The zero-order chi connectivity index (χ0) is 14.8. The van der Waals surface area contributed by atoms with Gasteiger partial charge in [0.15, 0.2) is 5.78 Å². The van der Waals surface area contributed by atoms with E-state index in [9.17, 15) is 4.79 Å². The lowest BCUT2D eigenvalue weighted by Gasteiger charge is -2.17. The predicted molar refractivity (Wildman–Crippen MR) is 82.5 cm³/mol. The zero-order valence-electron chi connectivity index (χ0n) is 12.6. The minimum absolute atomic E-state index is 0.136. The lowest BCUT2D eigenvalue weighted by molar-refractivity contribution is 0.0991. The highest BCUT2D eigenvalue weighted by atomic mass is 16.1. The average Bonchev–Trinajstić information content (AvgIpc) is 2.95. The molecule has 1 aliphatic rings. The summed E-state index contributed by atoms with van der Waals surface area (Å²) in [6, 6.07) is 8.33. The molecule has 4 heteroatoms. The monoisotopic (exact) mass is 283 g/mol. The van der Waals surface area contributed by atoms with Crippen LogP contribution in [-0.2, 0) is 19.4 Å². The number of fused-ring (bicyclic) bond motifs is 1. The molecular weight excluding hydrogens is 262 g/mol. The van der Waals surface area contributed by atoms with Crippen molar-refractivity contribution in [2.45, 2.75) is 39.3 Å². The van der Waals surface area contributed by atoms with Crippen LogP contribution in [0.2, 0.25) is 0 Å². The van der Waals surface area contributed by atoms with Gasteiger partial charge in [-0.2, -0.15) is 5.10 Å². The van der Waals surface area contributed by atoms with Gasteiger partial charge in [-0.15, -0.1) is 0 Å². The van der Waals surface area contributed by atoms with E-state index in [1.54, 1.807) is 0 Å². The van der Waals surface area contributed by atoms with Crippen LogP contribution in [0.15, 0.2) is 30.5 Å². The van der Waals surface area contributed by atoms with Gasteiger partial charge in [-0.25, -0.2) is 0 Å². The summed E-state index contributed by atoms with van der Waals surface area (Å²) in [7, 11) is 0. The van der Waals surface area contributed by atoms with Gasteiger partial charge in [0.1, 0.15) is 0 Å². The maximum atomic E-state index is 12.4. The van der Waals surface area contributed by atoms with Crippen LogP contribution in [0.25, 0.3) is 0 Å².